The van der Waals surface area contributed by atoms with Crippen LogP contribution in [0.1, 0.15) is 12.8 Å². The zero-order valence-corrected chi connectivity index (χ0v) is 10.8. The minimum absolute atomic E-state index is 0.206. The molecule has 0 unspecified atom stereocenters. The lowest BCUT2D eigenvalue weighted by Crippen LogP contribution is -2.41. The first-order chi connectivity index (χ1) is 7.47. The van der Waals surface area contributed by atoms with Crippen molar-refractivity contribution in [3.05, 3.63) is 0 Å². The molecule has 94 valence electrons. The van der Waals surface area contributed by atoms with Crippen molar-refractivity contribution >= 4 is 23.6 Å². The average Bonchev–Trinajstić information content (AvgIpc) is 2.20. The molecule has 0 aliphatic heterocycles. The van der Waals surface area contributed by atoms with Gasteiger partial charge in [-0.2, -0.15) is 11.8 Å². The van der Waals surface area contributed by atoms with E-state index in [-0.39, 0.29) is 5.91 Å². The fraction of sp³-hybridized carbons (Fsp3) is 0.800. The maximum atomic E-state index is 11.4. The number of nitrogens with zero attached hydrogens (tertiary/aromatic N) is 1. The van der Waals surface area contributed by atoms with E-state index in [0.29, 0.717) is 19.4 Å². The molecule has 0 rings (SSSR count). The van der Waals surface area contributed by atoms with E-state index in [0.717, 1.165) is 5.75 Å². The third-order valence-corrected chi connectivity index (χ3v) is 2.67. The number of carbonyl (C=O) groups excluding carboxylic acids is 1. The molecular weight excluding hydrogens is 228 g/mol. The van der Waals surface area contributed by atoms with E-state index >= 15 is 0 Å². The topological polar surface area (TPSA) is 69.6 Å². The van der Waals surface area contributed by atoms with Crippen molar-refractivity contribution in [1.29, 1.82) is 0 Å². The Kier molecular flexibility index (Phi) is 8.01. The van der Waals surface area contributed by atoms with Crippen molar-refractivity contribution < 1.29 is 14.7 Å². The summed E-state index contributed by atoms with van der Waals surface area (Å²) in [5.74, 6) is -0.445. The van der Waals surface area contributed by atoms with E-state index in [2.05, 4.69) is 5.32 Å². The predicted octanol–water partition coefficient (Wildman–Crippen LogP) is 0.261. The van der Waals surface area contributed by atoms with Gasteiger partial charge in [0, 0.05) is 13.0 Å². The monoisotopic (exact) mass is 248 g/mol. The van der Waals surface area contributed by atoms with Crippen LogP contribution >= 0.6 is 11.8 Å². The van der Waals surface area contributed by atoms with Crippen molar-refractivity contribution in [3.63, 3.8) is 0 Å². The summed E-state index contributed by atoms with van der Waals surface area (Å²) in [6.07, 6.45) is 2.70. The fourth-order valence-electron chi connectivity index (χ4n) is 1.08. The lowest BCUT2D eigenvalue weighted by atomic mass is 10.2. The minimum Gasteiger partial charge on any atom is -0.480 e. The Labute approximate surface area is 101 Å². The van der Waals surface area contributed by atoms with Crippen LogP contribution in [0.3, 0.4) is 0 Å². The summed E-state index contributed by atoms with van der Waals surface area (Å²) in [6, 6.07) is -0.762. The van der Waals surface area contributed by atoms with Crippen LogP contribution in [0.4, 0.5) is 0 Å². The Morgan fingerprint density at radius 1 is 1.44 bits per heavy atom. The molecule has 0 heterocycles. The number of aliphatic carboxylic acids is 1. The molecule has 6 heteroatoms. The van der Waals surface area contributed by atoms with Gasteiger partial charge in [-0.15, -0.1) is 0 Å². The molecule has 0 bridgehead atoms. The molecule has 0 saturated carbocycles. The summed E-state index contributed by atoms with van der Waals surface area (Å²) in [4.78, 5) is 24.1. The molecule has 1 amide bonds. The number of hydrogen-bond acceptors (Lipinski definition) is 4. The lowest BCUT2D eigenvalue weighted by Gasteiger charge is -2.15. The summed E-state index contributed by atoms with van der Waals surface area (Å²) in [5.41, 5.74) is 0. The van der Waals surface area contributed by atoms with Gasteiger partial charge in [0.15, 0.2) is 0 Å². The Bertz CT molecular complexity index is 234. The van der Waals surface area contributed by atoms with Gasteiger partial charge < -0.3 is 15.3 Å². The zero-order valence-electron chi connectivity index (χ0n) is 10.0. The maximum Gasteiger partial charge on any atom is 0.326 e. The third kappa shape index (κ3) is 7.53. The van der Waals surface area contributed by atoms with Crippen molar-refractivity contribution in [3.8, 4) is 0 Å². The Morgan fingerprint density at radius 2 is 2.06 bits per heavy atom. The number of thioether (sulfide) groups is 1. The third-order valence-electron chi connectivity index (χ3n) is 2.03. The molecule has 2 N–H and O–H groups in total. The fourth-order valence-corrected chi connectivity index (χ4v) is 1.56. The number of carbonyl (C=O) groups is 2. The van der Waals surface area contributed by atoms with Crippen LogP contribution in [0.25, 0.3) is 0 Å². The lowest BCUT2D eigenvalue weighted by molar-refractivity contribution is -0.141. The van der Waals surface area contributed by atoms with Crippen molar-refractivity contribution in [1.82, 2.24) is 10.2 Å². The Hall–Kier alpha value is -0.750. The van der Waals surface area contributed by atoms with E-state index in [9.17, 15) is 9.59 Å². The van der Waals surface area contributed by atoms with E-state index in [4.69, 9.17) is 5.11 Å². The smallest absolute Gasteiger partial charge is 0.326 e. The van der Waals surface area contributed by atoms with E-state index in [1.165, 1.54) is 0 Å². The summed E-state index contributed by atoms with van der Waals surface area (Å²) in [5, 5.41) is 11.4. The molecule has 0 aromatic heterocycles. The summed E-state index contributed by atoms with van der Waals surface area (Å²) in [6.45, 7) is 0.626. The number of carboxylic acids is 1. The van der Waals surface area contributed by atoms with Gasteiger partial charge >= 0.3 is 5.97 Å². The second-order valence-electron chi connectivity index (χ2n) is 3.79. The molecule has 16 heavy (non-hydrogen) atoms. The second kappa shape index (κ2) is 8.41. The highest BCUT2D eigenvalue weighted by Gasteiger charge is 2.18. The van der Waals surface area contributed by atoms with Crippen molar-refractivity contribution in [2.45, 2.75) is 18.9 Å². The predicted molar refractivity (Wildman–Crippen MR) is 65.7 cm³/mol. The zero-order chi connectivity index (χ0) is 12.6. The first kappa shape index (κ1) is 15.2. The SMILES string of the molecule is CSCC[C@@H](NC(=O)CCN(C)C)C(=O)O. The van der Waals surface area contributed by atoms with Gasteiger partial charge in [0.25, 0.3) is 0 Å². The number of hydrogen-bond donors (Lipinski definition) is 2. The van der Waals surface area contributed by atoms with Gasteiger partial charge in [-0.25, -0.2) is 4.79 Å². The van der Waals surface area contributed by atoms with Crippen molar-refractivity contribution in [2.24, 2.45) is 0 Å². The highest BCUT2D eigenvalue weighted by Crippen LogP contribution is 2.01. The summed E-state index contributed by atoms with van der Waals surface area (Å²) < 4.78 is 0. The first-order valence-electron chi connectivity index (χ1n) is 5.13. The molecule has 0 radical (unpaired) electrons. The van der Waals surface area contributed by atoms with Crippen LogP contribution in [-0.2, 0) is 9.59 Å². The van der Waals surface area contributed by atoms with Gasteiger partial charge in [-0.05, 0) is 32.5 Å². The molecule has 0 saturated heterocycles. The maximum absolute atomic E-state index is 11.4. The highest BCUT2D eigenvalue weighted by atomic mass is 32.2. The highest BCUT2D eigenvalue weighted by molar-refractivity contribution is 7.98. The van der Waals surface area contributed by atoms with Crippen LogP contribution in [-0.4, -0.2) is 60.6 Å². The Balaban J connectivity index is 3.98. The standard InChI is InChI=1S/C10H20N2O3S/c1-12(2)6-4-9(13)11-8(10(14)15)5-7-16-3/h8H,4-7H2,1-3H3,(H,11,13)(H,14,15)/t8-/m1/s1. The van der Waals surface area contributed by atoms with Crippen LogP contribution < -0.4 is 5.32 Å². The van der Waals surface area contributed by atoms with Crippen molar-refractivity contribution in [2.75, 3.05) is 32.6 Å². The molecule has 0 spiro atoms. The first-order valence-corrected chi connectivity index (χ1v) is 6.52. The molecule has 0 aliphatic rings. The van der Waals surface area contributed by atoms with Gasteiger partial charge in [0.1, 0.15) is 6.04 Å². The number of amides is 1. The second-order valence-corrected chi connectivity index (χ2v) is 4.78. The van der Waals surface area contributed by atoms with E-state index in [1.807, 2.05) is 25.3 Å². The van der Waals surface area contributed by atoms with Gasteiger partial charge in [-0.3, -0.25) is 4.79 Å². The van der Waals surface area contributed by atoms with Crippen LogP contribution in [0, 0.1) is 0 Å². The summed E-state index contributed by atoms with van der Waals surface area (Å²) >= 11 is 1.57. The molecular formula is C10H20N2O3S. The molecule has 1 atom stereocenters. The molecule has 0 aromatic carbocycles. The molecule has 0 aliphatic carbocycles. The largest absolute Gasteiger partial charge is 0.480 e. The van der Waals surface area contributed by atoms with Crippen LogP contribution in [0.5, 0.6) is 0 Å². The normalized spacial score (nSPS) is 12.5. The number of rotatable bonds is 8. The van der Waals surface area contributed by atoms with Gasteiger partial charge in [0.05, 0.1) is 0 Å². The molecule has 0 aromatic rings. The van der Waals surface area contributed by atoms with E-state index < -0.39 is 12.0 Å². The minimum atomic E-state index is -0.966. The van der Waals surface area contributed by atoms with Crippen LogP contribution in [0.2, 0.25) is 0 Å². The number of nitrogens with one attached hydrogen (secondary N) is 1. The number of carboxylic acid groups (broad SMARTS) is 1. The van der Waals surface area contributed by atoms with Gasteiger partial charge in [-0.1, -0.05) is 0 Å². The van der Waals surface area contributed by atoms with Gasteiger partial charge in [0.2, 0.25) is 5.91 Å². The molecule has 5 nitrogen and oxygen atoms in total. The average molecular weight is 248 g/mol. The quantitative estimate of drug-likeness (QED) is 0.645. The summed E-state index contributed by atoms with van der Waals surface area (Å²) in [7, 11) is 3.74. The molecule has 0 fully saturated rings. The van der Waals surface area contributed by atoms with E-state index in [1.54, 1.807) is 11.8 Å². The van der Waals surface area contributed by atoms with Crippen LogP contribution in [0.15, 0.2) is 0 Å². The Morgan fingerprint density at radius 3 is 2.50 bits per heavy atom.